The lowest BCUT2D eigenvalue weighted by atomic mass is 10.2. The Bertz CT molecular complexity index is 7200. The molecule has 27 atom stereocenters. The van der Waals surface area contributed by atoms with E-state index in [4.69, 9.17) is 186 Å². The van der Waals surface area contributed by atoms with Crippen LogP contribution in [0.4, 0.5) is 23.3 Å². The molecule has 16 rings (SSSR count). The van der Waals surface area contributed by atoms with E-state index in [9.17, 15) is 77.2 Å². The summed E-state index contributed by atoms with van der Waals surface area (Å²) in [5.41, 5.74) is 19.0. The zero-order valence-corrected chi connectivity index (χ0v) is 86.6. The Morgan fingerprint density at radius 2 is 0.620 bits per heavy atom. The van der Waals surface area contributed by atoms with Crippen LogP contribution in [0.3, 0.4) is 0 Å². The van der Waals surface area contributed by atoms with Crippen LogP contribution in [-0.4, -0.2) is 246 Å². The maximum absolute atomic E-state index is 14.8. The number of aromatic amines is 3. The highest BCUT2D eigenvalue weighted by atomic mass is 32.7. The predicted octanol–water partition coefficient (Wildman–Crippen LogP) is 0.861. The van der Waals surface area contributed by atoms with Gasteiger partial charge in [0.25, 0.3) is 16.7 Å². The lowest BCUT2D eigenvalue weighted by Gasteiger charge is -2.28. The average molecular weight is 2260 g/mol. The Kier molecular flexibility index (Phi) is 32.9. The lowest BCUT2D eigenvalue weighted by molar-refractivity contribution is -0.0571. The van der Waals surface area contributed by atoms with E-state index in [0.29, 0.717) is 11.1 Å². The monoisotopic (exact) mass is 2260 g/mol. The molecule has 58 nitrogen and oxygen atoms in total. The van der Waals surface area contributed by atoms with Gasteiger partial charge < -0.3 is 140 Å². The smallest absolute Gasteiger partial charge is 0.383 e. The van der Waals surface area contributed by atoms with Gasteiger partial charge in [-0.1, -0.05) is 12.2 Å². The Morgan fingerprint density at radius 1 is 0.359 bits per heavy atom. The molecule has 9 aromatic heterocycles. The number of nitrogens with two attached hydrogens (primary N) is 4. The SMILES string of the molecule is Cc1cn([C@H]2C[C@@H](OP(O)(=S)OC[C@H]3O[C@@H](n4cc(C)c(=O)[nH]c4=O)C[C@H]3OP(=O)(S)OC[C@H]3O[C@@H](n4cc(C)c(=O)[nH]c4=O)C[C@H]3OP(O)(=S)OC[C@H]3O[C@@H](n4cc(C)c(=O)[nH]c4=O)C[C@H]3OP(O)(=S)OC[C@H]3O[C@@H](n4cnc5c(N)ncnc54)C[C@H]3OP(O)(=S)OC[C@H]3O[C@@H](n4cc(C)c(N)nc4=O)C[C@H]3OP(O)(=S)OC[C@H]3O[C@@H](n4cnc5c(N)ncnc54)C[C@H]3OP(O)(O)=S)[C@@H](C)O2)c(=O)nc1N. The van der Waals surface area contributed by atoms with Gasteiger partial charge in [-0.15, -0.1) is 0 Å². The molecule has 9 aromatic rings. The molecule has 0 radical (unpaired) electrons. The maximum atomic E-state index is 14.8. The van der Waals surface area contributed by atoms with Gasteiger partial charge in [-0.05, 0) is 112 Å². The van der Waals surface area contributed by atoms with Crippen LogP contribution in [0.25, 0.3) is 22.3 Å². The van der Waals surface area contributed by atoms with E-state index in [1.54, 1.807) is 20.8 Å². The first-order valence-corrected chi connectivity index (χ1v) is 60.7. The fourth-order valence-electron chi connectivity index (χ4n) is 16.4. The molecule has 16 heterocycles. The molecule has 0 aromatic carbocycles. The van der Waals surface area contributed by atoms with Crippen LogP contribution in [0, 0.1) is 34.6 Å². The summed E-state index contributed by atoms with van der Waals surface area (Å²) >= 11 is 37.1. The number of hydrogen-bond donors (Lipinski definition) is 15. The van der Waals surface area contributed by atoms with Gasteiger partial charge in [0.2, 0.25) is 0 Å². The van der Waals surface area contributed by atoms with Crippen LogP contribution in [-0.2, 0) is 167 Å². The third-order valence-corrected chi connectivity index (χ3v) is 33.8. The van der Waals surface area contributed by atoms with Crippen molar-refractivity contribution >= 4 is 176 Å². The van der Waals surface area contributed by atoms with Crippen molar-refractivity contribution in [2.45, 2.75) is 216 Å². The van der Waals surface area contributed by atoms with E-state index in [2.05, 4.69) is 67.1 Å². The highest BCUT2D eigenvalue weighted by Gasteiger charge is 2.52. The number of aryl methyl sites for hydroxylation is 5. The number of hydrogen-bond acceptors (Lipinski definition) is 47. The van der Waals surface area contributed by atoms with Crippen molar-refractivity contribution in [3.05, 3.63) is 168 Å². The number of imidazole rings is 2. The molecule has 0 saturated carbocycles. The van der Waals surface area contributed by atoms with Gasteiger partial charge in [-0.25, -0.2) is 58.4 Å². The van der Waals surface area contributed by atoms with E-state index in [0.717, 1.165) is 37.0 Å². The van der Waals surface area contributed by atoms with Crippen molar-refractivity contribution in [2.75, 3.05) is 62.6 Å². The van der Waals surface area contributed by atoms with Gasteiger partial charge in [-0.2, -0.15) is 9.97 Å². The fraction of sp³-hybridized carbons (Fsp3) is 0.571. The number of nitrogens with one attached hydrogen (secondary N) is 3. The highest BCUT2D eigenvalue weighted by Crippen LogP contribution is 2.60. The molecule has 18 N–H and O–H groups in total. The summed E-state index contributed by atoms with van der Waals surface area (Å²) in [5.74, 6) is -0.0550. The Hall–Kier alpha value is -6.50. The summed E-state index contributed by atoms with van der Waals surface area (Å²) in [6, 6.07) is 0. The second kappa shape index (κ2) is 43.2. The van der Waals surface area contributed by atoms with Crippen molar-refractivity contribution < 1.29 is 131 Å². The standard InChI is InChI=1S/C70H93N22O36P7S7/c1-29-14-86(66(96)81-57(29)71)48-7-35(34(6)115-48)123-130(103,137)109-20-43-38(10-50(117-43)88-16-31(3)63(93)83-68(88)98)125-132(105,139)111-22-45-39(11-51(118-45)89-17-32(4)64(94)84-69(89)99)126-133(106,140)112-23-46-40(12-52(119-46)90-18-33(5)65(95)85-70(90)100)127-134(107,141)114-24-47-41(13-54(121-47)92-28-80-56-60(74)76-26-78-62(56)92)128-135(108,142)113-21-44-37(9-49(116-44)87-15-30(2)58(72)82-67(87)97)124-131(104,138)110-19-42-36(122-129(101,102)136)8-53(120-42)91-27-79-55-59(73)75-25-77-61(55)91/h14-18,25-28,34-54H,7-13,19-24H2,1-6H3,(H,103,137)(H,104,138)(H,105,139)(H,106,140)(H,107,141)(H,108,142)(H2,71,81,96)(H2,72,82,97)(H2,73,75,77)(H2,74,76,78)(H,83,93,98)(H,84,94,99)(H,85,95,100)(H2,101,102,136)/t34-,35-,36-,37-,38-,39-,40-,41-,42-,43-,44-,45-,46-,47-,48-,49-,50-,51-,52-,53-,54-,130?,131?,132?,133?,134?,135?/m1/s1. The number of thiol groups is 1. The van der Waals surface area contributed by atoms with Crippen LogP contribution >= 0.6 is 59.4 Å². The maximum Gasteiger partial charge on any atom is 0.386 e. The second-order valence-corrected chi connectivity index (χ2v) is 52.9. The van der Waals surface area contributed by atoms with Crippen molar-refractivity contribution in [1.82, 2.24) is 86.8 Å². The normalized spacial score (nSPS) is 29.6. The molecular formula is C70H93N22O36P7S7. The number of rotatable bonds is 39. The van der Waals surface area contributed by atoms with E-state index in [-0.39, 0.29) is 94.4 Å². The van der Waals surface area contributed by atoms with Gasteiger partial charge in [0.1, 0.15) is 122 Å². The Balaban J connectivity index is 0.604. The molecule has 72 heteroatoms. The number of aromatic nitrogens is 18. The number of nitrogens with zero attached hydrogens (tertiary/aromatic N) is 15. The van der Waals surface area contributed by atoms with Crippen molar-refractivity contribution in [3.63, 3.8) is 0 Å². The van der Waals surface area contributed by atoms with Crippen molar-refractivity contribution in [1.29, 1.82) is 0 Å². The van der Waals surface area contributed by atoms with Crippen LogP contribution in [0.15, 0.2) is 94.6 Å². The molecule has 6 unspecified atom stereocenters. The fourth-order valence-corrected chi connectivity index (χ4v) is 26.2. The summed E-state index contributed by atoms with van der Waals surface area (Å²) in [4.78, 5) is 225. The Morgan fingerprint density at radius 3 is 0.937 bits per heavy atom. The molecule has 0 spiro atoms. The second-order valence-electron chi connectivity index (χ2n) is 33.4. The summed E-state index contributed by atoms with van der Waals surface area (Å²) in [7, 11) is 0. The highest BCUT2D eigenvalue weighted by molar-refractivity contribution is 8.44. The Labute approximate surface area is 833 Å². The molecule has 0 aliphatic carbocycles. The average Bonchev–Trinajstić information content (AvgIpc) is 1.63. The van der Waals surface area contributed by atoms with Crippen LogP contribution in [0.5, 0.6) is 0 Å². The quantitative estimate of drug-likeness (QED) is 0.0188. The minimum absolute atomic E-state index is 0.0102. The molecule has 7 aliphatic rings. The third-order valence-electron chi connectivity index (χ3n) is 23.4. The third kappa shape index (κ3) is 25.6. The molecule has 0 bridgehead atoms. The summed E-state index contributed by atoms with van der Waals surface area (Å²) in [6.07, 6.45) is -17.9. The number of anilines is 4. The molecule has 142 heavy (non-hydrogen) atoms. The van der Waals surface area contributed by atoms with Crippen molar-refractivity contribution in [3.8, 4) is 0 Å². The van der Waals surface area contributed by atoms with Gasteiger partial charge in [-0.3, -0.25) is 70.4 Å². The van der Waals surface area contributed by atoms with Crippen LogP contribution in [0.2, 0.25) is 0 Å². The van der Waals surface area contributed by atoms with Crippen LogP contribution < -0.4 is 68.1 Å². The molecule has 776 valence electrons. The molecule has 7 aliphatic heterocycles. The predicted molar refractivity (Wildman–Crippen MR) is 516 cm³/mol. The number of H-pyrrole nitrogens is 3. The largest absolute Gasteiger partial charge is 0.386 e. The number of nitrogen functional groups attached to an aromatic ring is 4. The topological polar surface area (TPSA) is 769 Å². The zero-order chi connectivity index (χ0) is 102. The minimum atomic E-state index is -4.82. The molecular weight excluding hydrogens is 2170 g/mol. The first-order chi connectivity index (χ1) is 66.7. The zero-order valence-electron chi connectivity index (χ0n) is 74.5. The summed E-state index contributed by atoms with van der Waals surface area (Å²) < 4.78 is 145. The molecule has 7 fully saturated rings. The molecule has 7 saturated heterocycles. The number of ether oxygens (including phenoxy) is 7. The lowest BCUT2D eigenvalue weighted by Crippen LogP contribution is -2.33. The van der Waals surface area contributed by atoms with Gasteiger partial charge in [0.05, 0.1) is 95.0 Å². The first kappa shape index (κ1) is 108. The summed E-state index contributed by atoms with van der Waals surface area (Å²) in [5, 5.41) is 0. The van der Waals surface area contributed by atoms with Gasteiger partial charge >= 0.3 is 75.6 Å². The van der Waals surface area contributed by atoms with E-state index < -0.39 is 274 Å². The van der Waals surface area contributed by atoms with Gasteiger partial charge in [0.15, 0.2) is 22.9 Å². The van der Waals surface area contributed by atoms with Gasteiger partial charge in [0, 0.05) is 104 Å². The molecule has 0 amide bonds. The van der Waals surface area contributed by atoms with Crippen LogP contribution in [0.1, 0.15) is 123 Å². The van der Waals surface area contributed by atoms with E-state index in [1.807, 2.05) is 0 Å². The minimum Gasteiger partial charge on any atom is -0.383 e. The van der Waals surface area contributed by atoms with E-state index >= 15 is 0 Å². The number of fused-ring (bicyclic) bond motifs is 2. The van der Waals surface area contributed by atoms with E-state index in [1.165, 1.54) is 72.0 Å². The summed E-state index contributed by atoms with van der Waals surface area (Å²) in [6.45, 7) is -27.9. The first-order valence-electron chi connectivity index (χ1n) is 42.5. The van der Waals surface area contributed by atoms with Crippen molar-refractivity contribution in [2.24, 2.45) is 0 Å².